The van der Waals surface area contributed by atoms with Gasteiger partial charge in [-0.15, -0.1) is 6.42 Å². The summed E-state index contributed by atoms with van der Waals surface area (Å²) in [5.41, 5.74) is 2.00. The highest BCUT2D eigenvalue weighted by Crippen LogP contribution is 2.18. The van der Waals surface area contributed by atoms with Gasteiger partial charge in [-0.25, -0.2) is 0 Å². The van der Waals surface area contributed by atoms with Crippen LogP contribution in [-0.2, 0) is 0 Å². The normalized spacial score (nSPS) is 10.2. The predicted molar refractivity (Wildman–Crippen MR) is 78.2 cm³/mol. The maximum absolute atomic E-state index is 11.6. The molecule has 1 amide bonds. The number of carbonyl (C=O) groups is 1. The summed E-state index contributed by atoms with van der Waals surface area (Å²) in [5, 5.41) is 10.8. The third-order valence-electron chi connectivity index (χ3n) is 2.52. The second kappa shape index (κ2) is 6.86. The number of terminal acetylenes is 1. The van der Waals surface area contributed by atoms with Crippen LogP contribution in [0, 0.1) is 12.3 Å². The molecule has 0 heterocycles. The number of hydrogen-bond donors (Lipinski definition) is 1. The van der Waals surface area contributed by atoms with Crippen LogP contribution in [0.4, 0.5) is 11.4 Å². The quantitative estimate of drug-likeness (QED) is 0.666. The lowest BCUT2D eigenvalue weighted by atomic mass is 10.2. The first-order valence-corrected chi connectivity index (χ1v) is 6.08. The topological polar surface area (TPSA) is 53.8 Å². The van der Waals surface area contributed by atoms with E-state index in [0.29, 0.717) is 11.3 Å². The van der Waals surface area contributed by atoms with Crippen LogP contribution in [0.1, 0.15) is 10.4 Å². The van der Waals surface area contributed by atoms with E-state index in [1.807, 2.05) is 30.3 Å². The molecule has 4 heteroatoms. The minimum absolute atomic E-state index is 0.200. The third kappa shape index (κ3) is 3.79. The fraction of sp³-hybridized carbons (Fsp3) is 0.0625. The zero-order chi connectivity index (χ0) is 14.2. The Balaban J connectivity index is 2.04. The Morgan fingerprint density at radius 1 is 1.00 bits per heavy atom. The van der Waals surface area contributed by atoms with E-state index in [-0.39, 0.29) is 12.5 Å². The number of azo groups is 1. The van der Waals surface area contributed by atoms with Crippen molar-refractivity contribution in [3.8, 4) is 12.3 Å². The average Bonchev–Trinajstić information content (AvgIpc) is 2.52. The van der Waals surface area contributed by atoms with E-state index >= 15 is 0 Å². The summed E-state index contributed by atoms with van der Waals surface area (Å²) >= 11 is 0. The smallest absolute Gasteiger partial charge is 0.252 e. The van der Waals surface area contributed by atoms with Gasteiger partial charge in [-0.05, 0) is 36.4 Å². The number of rotatable bonds is 4. The third-order valence-corrected chi connectivity index (χ3v) is 2.52. The van der Waals surface area contributed by atoms with Crippen molar-refractivity contribution in [3.05, 3.63) is 60.2 Å². The van der Waals surface area contributed by atoms with E-state index in [1.165, 1.54) is 0 Å². The van der Waals surface area contributed by atoms with Gasteiger partial charge in [-0.1, -0.05) is 24.1 Å². The number of benzene rings is 2. The molecule has 0 atom stereocenters. The molecule has 0 saturated heterocycles. The van der Waals surface area contributed by atoms with Gasteiger partial charge in [0.15, 0.2) is 0 Å². The van der Waals surface area contributed by atoms with E-state index in [1.54, 1.807) is 24.3 Å². The molecular formula is C16H13N3O. The molecule has 2 aromatic rings. The van der Waals surface area contributed by atoms with E-state index in [2.05, 4.69) is 21.5 Å². The van der Waals surface area contributed by atoms with Gasteiger partial charge in [-0.3, -0.25) is 4.79 Å². The minimum Gasteiger partial charge on any atom is -0.341 e. The monoisotopic (exact) mass is 263 g/mol. The fourth-order valence-electron chi connectivity index (χ4n) is 1.52. The summed E-state index contributed by atoms with van der Waals surface area (Å²) in [6, 6.07) is 16.3. The first-order chi connectivity index (χ1) is 9.79. The molecule has 0 aliphatic rings. The van der Waals surface area contributed by atoms with Crippen molar-refractivity contribution >= 4 is 17.3 Å². The van der Waals surface area contributed by atoms with Crippen LogP contribution in [0.3, 0.4) is 0 Å². The van der Waals surface area contributed by atoms with E-state index in [0.717, 1.165) is 5.69 Å². The Morgan fingerprint density at radius 3 is 2.20 bits per heavy atom. The Kier molecular flexibility index (Phi) is 4.63. The molecule has 4 nitrogen and oxygen atoms in total. The predicted octanol–water partition coefficient (Wildman–Crippen LogP) is 3.47. The van der Waals surface area contributed by atoms with Gasteiger partial charge < -0.3 is 5.32 Å². The molecule has 0 aromatic heterocycles. The lowest BCUT2D eigenvalue weighted by molar-refractivity contribution is 0.0958. The largest absolute Gasteiger partial charge is 0.341 e. The maximum atomic E-state index is 11.6. The van der Waals surface area contributed by atoms with Crippen molar-refractivity contribution < 1.29 is 4.79 Å². The molecule has 0 radical (unpaired) electrons. The molecule has 0 fully saturated rings. The van der Waals surface area contributed by atoms with Gasteiger partial charge in [-0.2, -0.15) is 10.2 Å². The summed E-state index contributed by atoms with van der Waals surface area (Å²) in [5.74, 6) is 2.15. The summed E-state index contributed by atoms with van der Waals surface area (Å²) < 4.78 is 0. The van der Waals surface area contributed by atoms with Crippen LogP contribution in [0.15, 0.2) is 64.8 Å². The zero-order valence-electron chi connectivity index (χ0n) is 10.8. The highest BCUT2D eigenvalue weighted by molar-refractivity contribution is 5.94. The summed E-state index contributed by atoms with van der Waals surface area (Å²) in [6.07, 6.45) is 5.08. The molecule has 2 aromatic carbocycles. The van der Waals surface area contributed by atoms with Crippen LogP contribution < -0.4 is 5.32 Å². The lowest BCUT2D eigenvalue weighted by Gasteiger charge is -2.01. The number of hydrogen-bond acceptors (Lipinski definition) is 3. The molecule has 0 aliphatic heterocycles. The van der Waals surface area contributed by atoms with Crippen LogP contribution in [0.2, 0.25) is 0 Å². The zero-order valence-corrected chi connectivity index (χ0v) is 10.8. The first-order valence-electron chi connectivity index (χ1n) is 6.08. The Labute approximate surface area is 117 Å². The van der Waals surface area contributed by atoms with Gasteiger partial charge in [0.25, 0.3) is 5.91 Å². The van der Waals surface area contributed by atoms with Crippen molar-refractivity contribution in [1.82, 2.24) is 5.32 Å². The number of carbonyl (C=O) groups excluding carboxylic acids is 1. The van der Waals surface area contributed by atoms with Gasteiger partial charge in [0.1, 0.15) is 0 Å². The van der Waals surface area contributed by atoms with E-state index in [9.17, 15) is 4.79 Å². The minimum atomic E-state index is -0.200. The molecule has 2 rings (SSSR count). The molecule has 1 N–H and O–H groups in total. The summed E-state index contributed by atoms with van der Waals surface area (Å²) in [7, 11) is 0. The van der Waals surface area contributed by atoms with Crippen molar-refractivity contribution in [2.75, 3.05) is 6.54 Å². The number of nitrogens with zero attached hydrogens (tertiary/aromatic N) is 2. The second-order valence-electron chi connectivity index (χ2n) is 3.97. The highest BCUT2D eigenvalue weighted by Gasteiger charge is 2.03. The first kappa shape index (κ1) is 13.5. The molecular weight excluding hydrogens is 250 g/mol. The Bertz CT molecular complexity index is 640. The molecule has 0 aliphatic carbocycles. The molecule has 20 heavy (non-hydrogen) atoms. The van der Waals surface area contributed by atoms with Gasteiger partial charge in [0.05, 0.1) is 17.9 Å². The van der Waals surface area contributed by atoms with Gasteiger partial charge in [0, 0.05) is 5.56 Å². The molecule has 0 bridgehead atoms. The van der Waals surface area contributed by atoms with Crippen molar-refractivity contribution in [1.29, 1.82) is 0 Å². The second-order valence-corrected chi connectivity index (χ2v) is 3.97. The standard InChI is InChI=1S/C16H13N3O/c1-2-12-17-16(20)13-8-10-15(11-9-13)19-18-14-6-4-3-5-7-14/h1,3-11H,12H2,(H,17,20)/b19-18+. The average molecular weight is 263 g/mol. The maximum Gasteiger partial charge on any atom is 0.252 e. The SMILES string of the molecule is C#CCNC(=O)c1ccc(/N=N/c2ccccc2)cc1. The van der Waals surface area contributed by atoms with Crippen LogP contribution in [0.5, 0.6) is 0 Å². The van der Waals surface area contributed by atoms with Crippen molar-refractivity contribution in [2.24, 2.45) is 10.2 Å². The van der Waals surface area contributed by atoms with E-state index < -0.39 is 0 Å². The molecule has 0 saturated carbocycles. The van der Waals surface area contributed by atoms with Crippen LogP contribution >= 0.6 is 0 Å². The molecule has 0 unspecified atom stereocenters. The number of nitrogens with one attached hydrogen (secondary N) is 1. The van der Waals surface area contributed by atoms with Crippen LogP contribution in [0.25, 0.3) is 0 Å². The highest BCUT2D eigenvalue weighted by atomic mass is 16.1. The van der Waals surface area contributed by atoms with Gasteiger partial charge in [0.2, 0.25) is 0 Å². The number of amides is 1. The summed E-state index contributed by atoms with van der Waals surface area (Å²) in [6.45, 7) is 0.217. The summed E-state index contributed by atoms with van der Waals surface area (Å²) in [4.78, 5) is 11.6. The van der Waals surface area contributed by atoms with Crippen LogP contribution in [-0.4, -0.2) is 12.5 Å². The van der Waals surface area contributed by atoms with Gasteiger partial charge >= 0.3 is 0 Å². The van der Waals surface area contributed by atoms with Crippen molar-refractivity contribution in [3.63, 3.8) is 0 Å². The fourth-order valence-corrected chi connectivity index (χ4v) is 1.52. The van der Waals surface area contributed by atoms with E-state index in [4.69, 9.17) is 6.42 Å². The Hall–Kier alpha value is -2.93. The molecule has 0 spiro atoms. The molecule has 98 valence electrons. The lowest BCUT2D eigenvalue weighted by Crippen LogP contribution is -2.23. The van der Waals surface area contributed by atoms with Crippen molar-refractivity contribution in [2.45, 2.75) is 0 Å². The Morgan fingerprint density at radius 2 is 1.60 bits per heavy atom.